The van der Waals surface area contributed by atoms with Gasteiger partial charge in [-0.15, -0.1) is 0 Å². The Hall–Kier alpha value is -4.65. The molecule has 0 aliphatic heterocycles. The van der Waals surface area contributed by atoms with E-state index in [2.05, 4.69) is 44.3 Å². The lowest BCUT2D eigenvalue weighted by Crippen LogP contribution is -2.61. The van der Waals surface area contributed by atoms with Crippen molar-refractivity contribution in [3.63, 3.8) is 0 Å². The number of hydrogen-bond acceptors (Lipinski definition) is 13. The van der Waals surface area contributed by atoms with Crippen molar-refractivity contribution in [3.8, 4) is 11.5 Å². The minimum Gasteiger partial charge on any atom is -0.507 e. The van der Waals surface area contributed by atoms with Crippen LogP contribution in [0.15, 0.2) is 108 Å². The molecule has 0 saturated heterocycles. The molecule has 0 aromatic heterocycles. The molecule has 0 spiro atoms. The molecule has 0 aliphatic carbocycles. The van der Waals surface area contributed by atoms with Gasteiger partial charge < -0.3 is 45.4 Å². The first-order valence-corrected chi connectivity index (χ1v) is 36.9. The summed E-state index contributed by atoms with van der Waals surface area (Å²) in [7, 11) is -14.5. The second-order valence-corrected chi connectivity index (χ2v) is 38.2. The zero-order valence-corrected chi connectivity index (χ0v) is 47.2. The minimum absolute atomic E-state index is 0. The molecule has 2 unspecified atom stereocenters. The molecule has 0 fully saturated rings. The largest absolute Gasteiger partial charge is 0.507 e. The normalized spacial score (nSPS) is 12.8. The van der Waals surface area contributed by atoms with E-state index in [-0.39, 0.29) is 98.2 Å². The minimum atomic E-state index is -3.42. The molecule has 73 heavy (non-hydrogen) atoms. The highest BCUT2D eigenvalue weighted by Gasteiger charge is 2.51. The lowest BCUT2D eigenvalue weighted by molar-refractivity contribution is -0.138. The van der Waals surface area contributed by atoms with Crippen LogP contribution >= 0.6 is 0 Å². The maximum absolute atomic E-state index is 13.8. The Kier molecular flexibility index (Phi) is 32.8. The number of ether oxygens (including phenoxy) is 4. The Morgan fingerprint density at radius 2 is 1.07 bits per heavy atom. The number of aromatic hydroxyl groups is 1. The fourth-order valence-electron chi connectivity index (χ4n) is 7.16. The molecule has 0 radical (unpaired) electrons. The Bertz CT molecular complexity index is 2260. The standard InChI is InChI=1S/C49H73NO12Si5.6CH4/c1-18-50(19-2)40-28-31-44(46(51)33-40)47(52)42-24-22-23-25-43(42)48(53)58-35-37(6)67(17,60-64(11,12)13)62-65(14,15)61-66(16,59-63(8,9)10)36(5)34-57-41-29-26-39(27-30-41)32-45(38(7)55-20-3)49(54)56-21-4;;;;;;/h22-33,51H,5-7,18-21,34-35H2,1-4,8-17H3;6*1H4/b45-32-;;;;;;. The number of nitrogens with zero attached hydrogens (tertiary/aromatic N) is 1. The van der Waals surface area contributed by atoms with E-state index in [9.17, 15) is 19.5 Å². The van der Waals surface area contributed by atoms with Gasteiger partial charge in [-0.3, -0.25) is 4.79 Å². The van der Waals surface area contributed by atoms with Gasteiger partial charge in [0.05, 0.1) is 24.3 Å². The summed E-state index contributed by atoms with van der Waals surface area (Å²) in [6.07, 6.45) is 1.66. The number of hydrogen-bond donors (Lipinski definition) is 1. The third kappa shape index (κ3) is 22.4. The highest BCUT2D eigenvalue weighted by Crippen LogP contribution is 2.33. The average molecular weight is 1100 g/mol. The maximum atomic E-state index is 13.8. The monoisotopic (exact) mass is 1100 g/mol. The SMILES string of the molecule is C.C.C.C.C.C.C=C(OCC)/C(=C/c1ccc(OCC(=C)[Si](C)(O[Si](C)(C)C)O[Si](C)(C)O[Si](C)(O[Si](C)(C)C)C(=C)COC(=O)c2ccccc2C(=O)c2ccc(N(CC)CC)cc2O)cc1)C(=O)OCC. The van der Waals surface area contributed by atoms with Gasteiger partial charge in [0.2, 0.25) is 0 Å². The summed E-state index contributed by atoms with van der Waals surface area (Å²) in [5.41, 5.74) is 1.95. The summed E-state index contributed by atoms with van der Waals surface area (Å²) in [5.74, 6) is -1.15. The van der Waals surface area contributed by atoms with Gasteiger partial charge in [0.1, 0.15) is 36.0 Å². The molecule has 0 saturated carbocycles. The van der Waals surface area contributed by atoms with Crippen LogP contribution in [-0.2, 0) is 35.5 Å². The van der Waals surface area contributed by atoms with Crippen molar-refractivity contribution in [2.75, 3.05) is 44.4 Å². The van der Waals surface area contributed by atoms with Crippen LogP contribution in [0.4, 0.5) is 5.69 Å². The highest BCUT2D eigenvalue weighted by atomic mass is 28.5. The first-order chi connectivity index (χ1) is 31.1. The molecule has 0 bridgehead atoms. The summed E-state index contributed by atoms with van der Waals surface area (Å²) >= 11 is 0. The lowest BCUT2D eigenvalue weighted by atomic mass is 9.97. The van der Waals surface area contributed by atoms with Crippen molar-refractivity contribution in [3.05, 3.63) is 130 Å². The zero-order chi connectivity index (χ0) is 50.5. The van der Waals surface area contributed by atoms with E-state index in [1.807, 2.05) is 78.7 Å². The van der Waals surface area contributed by atoms with Crippen LogP contribution in [0.1, 0.15) is 104 Å². The van der Waals surface area contributed by atoms with E-state index in [1.165, 1.54) is 12.1 Å². The summed E-state index contributed by atoms with van der Waals surface area (Å²) in [5, 5.41) is 12.0. The van der Waals surface area contributed by atoms with Gasteiger partial charge in [-0.05, 0) is 135 Å². The Balaban J connectivity index is -0.00000397. The van der Waals surface area contributed by atoms with Crippen molar-refractivity contribution in [2.24, 2.45) is 0 Å². The fourth-order valence-corrected chi connectivity index (χ4v) is 28.6. The fraction of sp³-hybridized carbons (Fsp3) is 0.473. The van der Waals surface area contributed by atoms with Crippen molar-refractivity contribution in [1.29, 1.82) is 0 Å². The molecule has 0 amide bonds. The van der Waals surface area contributed by atoms with Crippen LogP contribution in [0.5, 0.6) is 11.5 Å². The van der Waals surface area contributed by atoms with Crippen molar-refractivity contribution < 1.29 is 54.9 Å². The number of rotatable bonds is 27. The second kappa shape index (κ2) is 31.9. The molecule has 414 valence electrons. The first kappa shape index (κ1) is 74.9. The first-order valence-electron chi connectivity index (χ1n) is 22.6. The maximum Gasteiger partial charge on any atom is 0.348 e. The quantitative estimate of drug-likeness (QED) is 0.0193. The van der Waals surface area contributed by atoms with Gasteiger partial charge >= 0.3 is 37.6 Å². The zero-order valence-electron chi connectivity index (χ0n) is 42.2. The van der Waals surface area contributed by atoms with Gasteiger partial charge in [0.15, 0.2) is 22.4 Å². The molecule has 0 aliphatic rings. The topological polar surface area (TPSA) is 149 Å². The van der Waals surface area contributed by atoms with E-state index in [1.54, 1.807) is 55.5 Å². The smallest absolute Gasteiger partial charge is 0.348 e. The predicted molar refractivity (Wildman–Crippen MR) is 320 cm³/mol. The predicted octanol–water partition coefficient (Wildman–Crippen LogP) is 14.8. The number of anilines is 1. The highest BCUT2D eigenvalue weighted by molar-refractivity contribution is 6.94. The van der Waals surface area contributed by atoms with E-state index in [0.29, 0.717) is 22.7 Å². The molecule has 3 aromatic rings. The molecule has 1 N–H and O–H groups in total. The third-order valence-corrected chi connectivity index (χ3v) is 27.9. The molecular weight excluding hydrogens is 1010 g/mol. The second-order valence-electron chi connectivity index (χ2n) is 18.4. The van der Waals surface area contributed by atoms with Crippen molar-refractivity contribution >= 4 is 71.8 Å². The van der Waals surface area contributed by atoms with E-state index >= 15 is 0 Å². The third-order valence-electron chi connectivity index (χ3n) is 10.0. The van der Waals surface area contributed by atoms with Crippen LogP contribution in [0, 0.1) is 0 Å². The van der Waals surface area contributed by atoms with Crippen molar-refractivity contribution in [1.82, 2.24) is 0 Å². The Morgan fingerprint density at radius 1 is 0.589 bits per heavy atom. The van der Waals surface area contributed by atoms with Crippen LogP contribution in [-0.4, -0.2) is 105 Å². The summed E-state index contributed by atoms with van der Waals surface area (Å²) in [6.45, 7) is 42.3. The number of phenols is 1. The van der Waals surface area contributed by atoms with E-state index in [0.717, 1.165) is 24.3 Å². The number of ketones is 1. The number of benzene rings is 3. The number of esters is 2. The van der Waals surface area contributed by atoms with Crippen LogP contribution in [0.2, 0.25) is 65.5 Å². The van der Waals surface area contributed by atoms with Gasteiger partial charge in [0.25, 0.3) is 0 Å². The molecule has 18 heteroatoms. The molecule has 3 aromatic carbocycles. The van der Waals surface area contributed by atoms with Gasteiger partial charge in [0, 0.05) is 40.8 Å². The number of carbonyl (C=O) groups is 3. The van der Waals surface area contributed by atoms with Gasteiger partial charge in [-0.2, -0.15) is 0 Å². The molecule has 0 heterocycles. The van der Waals surface area contributed by atoms with Crippen LogP contribution in [0.3, 0.4) is 0 Å². The number of phenolic OH excluding ortho intramolecular Hbond substituents is 1. The van der Waals surface area contributed by atoms with Crippen LogP contribution in [0.25, 0.3) is 6.08 Å². The molecule has 2 atom stereocenters. The Morgan fingerprint density at radius 3 is 1.52 bits per heavy atom. The molecule has 3 rings (SSSR count). The van der Waals surface area contributed by atoms with Gasteiger partial charge in [-0.25, -0.2) is 9.59 Å². The summed E-state index contributed by atoms with van der Waals surface area (Å²) in [6, 6.07) is 18.5. The van der Waals surface area contributed by atoms with Crippen LogP contribution < -0.4 is 9.64 Å². The molecule has 13 nitrogen and oxygen atoms in total. The average Bonchev–Trinajstić information content (AvgIpc) is 3.22. The lowest BCUT2D eigenvalue weighted by Gasteiger charge is -2.44. The van der Waals surface area contributed by atoms with Gasteiger partial charge in [-0.1, -0.05) is 94.6 Å². The van der Waals surface area contributed by atoms with Crippen molar-refractivity contribution in [2.45, 2.75) is 138 Å². The van der Waals surface area contributed by atoms with E-state index < -0.39 is 60.0 Å². The summed E-state index contributed by atoms with van der Waals surface area (Å²) < 4.78 is 50.6. The van der Waals surface area contributed by atoms with E-state index in [4.69, 9.17) is 35.4 Å². The molecular formula is C55H97NO12Si5. The summed E-state index contributed by atoms with van der Waals surface area (Å²) in [4.78, 5) is 42.3. The Labute approximate surface area is 448 Å². The number of carbonyl (C=O) groups excluding carboxylic acids is 3.